The lowest BCUT2D eigenvalue weighted by atomic mass is 10.1. The molecule has 1 atom stereocenters. The highest BCUT2D eigenvalue weighted by Gasteiger charge is 2.35. The summed E-state index contributed by atoms with van der Waals surface area (Å²) in [6, 6.07) is 15.5. The minimum absolute atomic E-state index is 0.0687. The van der Waals surface area contributed by atoms with Crippen LogP contribution in [0.2, 0.25) is 0 Å². The molecule has 2 heterocycles. The van der Waals surface area contributed by atoms with Crippen LogP contribution < -0.4 is 5.32 Å². The number of likely N-dealkylation sites (tertiary alicyclic amines) is 1. The average Bonchev–Trinajstić information content (AvgIpc) is 3.44. The number of nitrogens with one attached hydrogen (secondary N) is 1. The molecule has 2 N–H and O–H groups in total. The van der Waals surface area contributed by atoms with Gasteiger partial charge in [-0.25, -0.2) is 4.68 Å². The van der Waals surface area contributed by atoms with Gasteiger partial charge < -0.3 is 15.3 Å². The summed E-state index contributed by atoms with van der Waals surface area (Å²) in [6.45, 7) is 0.886. The van der Waals surface area contributed by atoms with E-state index in [1.54, 1.807) is 34.0 Å². The van der Waals surface area contributed by atoms with Crippen LogP contribution in [0.25, 0.3) is 5.69 Å². The molecule has 1 saturated heterocycles. The lowest BCUT2D eigenvalue weighted by Crippen LogP contribution is -2.45. The molecule has 0 radical (unpaired) electrons. The first-order chi connectivity index (χ1) is 14.1. The van der Waals surface area contributed by atoms with Crippen molar-refractivity contribution in [1.82, 2.24) is 20.0 Å². The third-order valence-electron chi connectivity index (χ3n) is 5.12. The van der Waals surface area contributed by atoms with Crippen molar-refractivity contribution >= 4 is 11.8 Å². The Kier molecular flexibility index (Phi) is 5.29. The molecule has 0 bridgehead atoms. The summed E-state index contributed by atoms with van der Waals surface area (Å²) in [5, 5.41) is 17.1. The van der Waals surface area contributed by atoms with E-state index in [2.05, 4.69) is 10.4 Å². The number of aromatic hydroxyl groups is 1. The predicted molar refractivity (Wildman–Crippen MR) is 108 cm³/mol. The number of aromatic nitrogens is 2. The van der Waals surface area contributed by atoms with Crippen LogP contribution >= 0.6 is 0 Å². The largest absolute Gasteiger partial charge is 0.507 e. The quantitative estimate of drug-likeness (QED) is 0.701. The van der Waals surface area contributed by atoms with Crippen molar-refractivity contribution in [1.29, 1.82) is 0 Å². The van der Waals surface area contributed by atoms with Crippen LogP contribution in [-0.4, -0.2) is 44.2 Å². The topological polar surface area (TPSA) is 87.5 Å². The Balaban J connectivity index is 1.39. The molecule has 2 aromatic carbocycles. The van der Waals surface area contributed by atoms with Crippen molar-refractivity contribution in [3.05, 3.63) is 78.1 Å². The SMILES string of the molecule is O=C(NCc1ccc(-n2cccn2)cc1)C1CCCN1C(=O)c1ccccc1O. The number of nitrogens with zero attached hydrogens (tertiary/aromatic N) is 3. The van der Waals surface area contributed by atoms with Crippen molar-refractivity contribution in [3.8, 4) is 11.4 Å². The molecule has 7 nitrogen and oxygen atoms in total. The van der Waals surface area contributed by atoms with Gasteiger partial charge in [0, 0.05) is 25.5 Å². The van der Waals surface area contributed by atoms with Crippen LogP contribution in [0.5, 0.6) is 5.75 Å². The van der Waals surface area contributed by atoms with Gasteiger partial charge in [-0.3, -0.25) is 9.59 Å². The van der Waals surface area contributed by atoms with Crippen molar-refractivity contribution in [2.75, 3.05) is 6.54 Å². The minimum atomic E-state index is -0.523. The molecule has 4 rings (SSSR count). The first kappa shape index (κ1) is 18.7. The Morgan fingerprint density at radius 1 is 1.10 bits per heavy atom. The molecule has 148 valence electrons. The summed E-state index contributed by atoms with van der Waals surface area (Å²) in [5.74, 6) is -0.562. The summed E-state index contributed by atoms with van der Waals surface area (Å²) in [7, 11) is 0. The molecule has 0 spiro atoms. The number of amides is 2. The number of hydrogen-bond donors (Lipinski definition) is 2. The fourth-order valence-electron chi connectivity index (χ4n) is 3.59. The molecule has 1 unspecified atom stereocenters. The highest BCUT2D eigenvalue weighted by atomic mass is 16.3. The monoisotopic (exact) mass is 390 g/mol. The van der Waals surface area contributed by atoms with E-state index < -0.39 is 6.04 Å². The standard InChI is InChI=1S/C22H22N4O3/c27-20-7-2-1-5-18(20)22(29)25-13-3-6-19(25)21(28)23-15-16-8-10-17(11-9-16)26-14-4-12-24-26/h1-2,4-5,7-12,14,19,27H,3,6,13,15H2,(H,23,28). The first-order valence-electron chi connectivity index (χ1n) is 9.59. The van der Waals surface area contributed by atoms with Crippen molar-refractivity contribution < 1.29 is 14.7 Å². The van der Waals surface area contributed by atoms with Gasteiger partial charge in [0.2, 0.25) is 5.91 Å². The second-order valence-electron chi connectivity index (χ2n) is 7.01. The molecule has 3 aromatic rings. The molecule has 1 aliphatic rings. The number of phenolic OH excluding ortho intramolecular Hbond substituents is 1. The highest BCUT2D eigenvalue weighted by Crippen LogP contribution is 2.24. The van der Waals surface area contributed by atoms with Gasteiger partial charge in [-0.1, -0.05) is 24.3 Å². The van der Waals surface area contributed by atoms with Crippen molar-refractivity contribution in [3.63, 3.8) is 0 Å². The summed E-state index contributed by atoms with van der Waals surface area (Å²) in [5.41, 5.74) is 2.13. The van der Waals surface area contributed by atoms with E-state index in [9.17, 15) is 14.7 Å². The zero-order valence-corrected chi connectivity index (χ0v) is 15.9. The lowest BCUT2D eigenvalue weighted by molar-refractivity contribution is -0.125. The Bertz CT molecular complexity index is 999. The zero-order chi connectivity index (χ0) is 20.2. The Morgan fingerprint density at radius 2 is 1.90 bits per heavy atom. The van der Waals surface area contributed by atoms with E-state index in [0.717, 1.165) is 17.7 Å². The first-order valence-corrected chi connectivity index (χ1v) is 9.59. The van der Waals surface area contributed by atoms with Crippen molar-refractivity contribution in [2.45, 2.75) is 25.4 Å². The number of benzene rings is 2. The number of rotatable bonds is 5. The minimum Gasteiger partial charge on any atom is -0.507 e. The third kappa shape index (κ3) is 3.99. The normalized spacial score (nSPS) is 16.0. The van der Waals surface area contributed by atoms with Gasteiger partial charge >= 0.3 is 0 Å². The van der Waals surface area contributed by atoms with Gasteiger partial charge in [0.1, 0.15) is 11.8 Å². The lowest BCUT2D eigenvalue weighted by Gasteiger charge is -2.24. The number of hydrogen-bond acceptors (Lipinski definition) is 4. The van der Waals surface area contributed by atoms with Crippen LogP contribution in [0.3, 0.4) is 0 Å². The maximum atomic E-state index is 12.8. The highest BCUT2D eigenvalue weighted by molar-refractivity contribution is 5.99. The fraction of sp³-hybridized carbons (Fsp3) is 0.227. The maximum absolute atomic E-state index is 12.8. The second kappa shape index (κ2) is 8.18. The van der Waals surface area contributed by atoms with Crippen LogP contribution in [0.4, 0.5) is 0 Å². The summed E-state index contributed by atoms with van der Waals surface area (Å²) in [4.78, 5) is 27.1. The summed E-state index contributed by atoms with van der Waals surface area (Å²) >= 11 is 0. The zero-order valence-electron chi connectivity index (χ0n) is 15.9. The molecule has 29 heavy (non-hydrogen) atoms. The van der Waals surface area contributed by atoms with Crippen LogP contribution in [0, 0.1) is 0 Å². The summed E-state index contributed by atoms with van der Waals surface area (Å²) in [6.07, 6.45) is 4.96. The summed E-state index contributed by atoms with van der Waals surface area (Å²) < 4.78 is 1.77. The molecule has 1 aromatic heterocycles. The van der Waals surface area contributed by atoms with Gasteiger partial charge in [-0.2, -0.15) is 5.10 Å². The molecule has 1 aliphatic heterocycles. The molecular formula is C22H22N4O3. The second-order valence-corrected chi connectivity index (χ2v) is 7.01. The van der Waals surface area contributed by atoms with E-state index in [1.807, 2.05) is 36.5 Å². The van der Waals surface area contributed by atoms with Gasteiger partial charge in [0.05, 0.1) is 11.3 Å². The molecule has 1 fully saturated rings. The maximum Gasteiger partial charge on any atom is 0.258 e. The van der Waals surface area contributed by atoms with Crippen molar-refractivity contribution in [2.24, 2.45) is 0 Å². The number of carbonyl (C=O) groups excluding carboxylic acids is 2. The number of phenols is 1. The number of para-hydroxylation sites is 1. The van der Waals surface area contributed by atoms with Gasteiger partial charge in [0.15, 0.2) is 0 Å². The molecule has 2 amide bonds. The molecule has 0 saturated carbocycles. The predicted octanol–water partition coefficient (Wildman–Crippen LogP) is 2.50. The van der Waals surface area contributed by atoms with Crippen LogP contribution in [-0.2, 0) is 11.3 Å². The molecule has 7 heteroatoms. The number of carbonyl (C=O) groups is 2. The molecular weight excluding hydrogens is 368 g/mol. The van der Waals surface area contributed by atoms with Gasteiger partial charge in [-0.05, 0) is 48.7 Å². The fourth-order valence-corrected chi connectivity index (χ4v) is 3.59. The van der Waals surface area contributed by atoms with E-state index in [1.165, 1.54) is 6.07 Å². The van der Waals surface area contributed by atoms with Gasteiger partial charge in [-0.15, -0.1) is 0 Å². The Morgan fingerprint density at radius 3 is 2.62 bits per heavy atom. The van der Waals surface area contributed by atoms with E-state index >= 15 is 0 Å². The van der Waals surface area contributed by atoms with Gasteiger partial charge in [0.25, 0.3) is 5.91 Å². The van der Waals surface area contributed by atoms with Crippen LogP contribution in [0.15, 0.2) is 67.0 Å². The Labute approximate surface area is 168 Å². The van der Waals surface area contributed by atoms with E-state index in [-0.39, 0.29) is 23.1 Å². The average molecular weight is 390 g/mol. The van der Waals surface area contributed by atoms with Crippen LogP contribution in [0.1, 0.15) is 28.8 Å². The molecule has 0 aliphatic carbocycles. The Hall–Kier alpha value is -3.61. The third-order valence-corrected chi connectivity index (χ3v) is 5.12. The van der Waals surface area contributed by atoms with E-state index in [0.29, 0.717) is 19.5 Å². The smallest absolute Gasteiger partial charge is 0.258 e. The van der Waals surface area contributed by atoms with E-state index in [4.69, 9.17) is 0 Å².